The van der Waals surface area contributed by atoms with Crippen molar-refractivity contribution in [3.05, 3.63) is 41.3 Å². The molecule has 0 saturated heterocycles. The van der Waals surface area contributed by atoms with E-state index in [1.54, 1.807) is 18.5 Å². The minimum Gasteiger partial charge on any atom is -0.236 e. The Balaban J connectivity index is 2.32. The van der Waals surface area contributed by atoms with Crippen LogP contribution in [0.25, 0.3) is 16.8 Å². The maximum atomic E-state index is 12.6. The second-order valence-electron chi connectivity index (χ2n) is 3.05. The molecule has 2 aromatic heterocycles. The molecule has 0 fully saturated rings. The first kappa shape index (κ1) is 9.98. The van der Waals surface area contributed by atoms with E-state index in [1.165, 1.54) is 24.3 Å². The van der Waals surface area contributed by atoms with Gasteiger partial charge in [0.25, 0.3) is 0 Å². The monoisotopic (exact) mass is 220 g/mol. The normalized spacial score (nSPS) is 11.7. The summed E-state index contributed by atoms with van der Waals surface area (Å²) in [5.41, 5.74) is 0.849. The first-order chi connectivity index (χ1) is 7.25. The number of nitrogens with zero attached hydrogens (tertiary/aromatic N) is 2. The molecule has 0 aliphatic rings. The fourth-order valence-corrected chi connectivity index (χ4v) is 2.01. The topological polar surface area (TPSA) is 25.8 Å². The number of hydrogen-bond donors (Lipinski definition) is 0. The van der Waals surface area contributed by atoms with Crippen LogP contribution in [0.4, 0.5) is 4.39 Å². The Kier molecular flexibility index (Phi) is 2.87. The summed E-state index contributed by atoms with van der Waals surface area (Å²) in [4.78, 5) is 9.20. The predicted octanol–water partition coefficient (Wildman–Crippen LogP) is 3.54. The van der Waals surface area contributed by atoms with Crippen molar-refractivity contribution in [2.45, 2.75) is 6.92 Å². The maximum Gasteiger partial charge on any atom is 0.169 e. The Morgan fingerprint density at radius 2 is 2.13 bits per heavy atom. The molecule has 0 amide bonds. The maximum absolute atomic E-state index is 12.6. The van der Waals surface area contributed by atoms with Crippen molar-refractivity contribution < 1.29 is 4.39 Å². The van der Waals surface area contributed by atoms with Crippen LogP contribution in [0.2, 0.25) is 0 Å². The molecule has 0 N–H and O–H groups in total. The Bertz CT molecular complexity index is 472. The molecule has 0 atom stereocenters. The van der Waals surface area contributed by atoms with Gasteiger partial charge in [-0.25, -0.2) is 14.4 Å². The van der Waals surface area contributed by atoms with E-state index in [2.05, 4.69) is 9.97 Å². The standard InChI is InChI=1S/C11H9FN2S/c1-8(12)5-9-6-10(15-7-9)11-13-3-2-4-14-11/h2-7H,1H3/b8-5+. The molecule has 0 bridgehead atoms. The van der Waals surface area contributed by atoms with Gasteiger partial charge in [-0.3, -0.25) is 0 Å². The van der Waals surface area contributed by atoms with Crippen LogP contribution >= 0.6 is 11.3 Å². The summed E-state index contributed by atoms with van der Waals surface area (Å²) in [5, 5.41) is 1.88. The zero-order chi connectivity index (χ0) is 10.7. The Labute approximate surface area is 91.1 Å². The van der Waals surface area contributed by atoms with Crippen LogP contribution in [-0.2, 0) is 0 Å². The van der Waals surface area contributed by atoms with Gasteiger partial charge in [-0.15, -0.1) is 11.3 Å². The second kappa shape index (κ2) is 4.31. The lowest BCUT2D eigenvalue weighted by molar-refractivity contribution is 0.648. The average Bonchev–Trinajstić information content (AvgIpc) is 2.67. The molecule has 76 valence electrons. The minimum atomic E-state index is -0.201. The molecule has 0 aliphatic carbocycles. The van der Waals surface area contributed by atoms with E-state index < -0.39 is 0 Å². The van der Waals surface area contributed by atoms with Gasteiger partial charge in [-0.05, 0) is 36.1 Å². The van der Waals surface area contributed by atoms with Crippen molar-refractivity contribution in [1.82, 2.24) is 9.97 Å². The minimum absolute atomic E-state index is 0.201. The fraction of sp³-hybridized carbons (Fsp3) is 0.0909. The van der Waals surface area contributed by atoms with Gasteiger partial charge in [0.15, 0.2) is 5.82 Å². The number of hydrogen-bond acceptors (Lipinski definition) is 3. The second-order valence-corrected chi connectivity index (χ2v) is 3.96. The quantitative estimate of drug-likeness (QED) is 0.773. The first-order valence-electron chi connectivity index (χ1n) is 4.45. The SMILES string of the molecule is C/C(F)=C\c1csc(-c2ncccn2)c1. The molecule has 0 unspecified atom stereocenters. The van der Waals surface area contributed by atoms with E-state index in [0.29, 0.717) is 5.82 Å². The third-order valence-corrected chi connectivity index (χ3v) is 2.72. The van der Waals surface area contributed by atoms with Gasteiger partial charge in [0.2, 0.25) is 0 Å². The number of rotatable bonds is 2. The molecule has 2 rings (SSSR count). The molecule has 2 nitrogen and oxygen atoms in total. The number of allylic oxidation sites excluding steroid dienone is 1. The smallest absolute Gasteiger partial charge is 0.169 e. The van der Waals surface area contributed by atoms with E-state index in [0.717, 1.165) is 10.4 Å². The zero-order valence-electron chi connectivity index (χ0n) is 8.14. The van der Waals surface area contributed by atoms with Crippen LogP contribution in [0.15, 0.2) is 35.7 Å². The van der Waals surface area contributed by atoms with Crippen molar-refractivity contribution in [2.75, 3.05) is 0 Å². The third kappa shape index (κ3) is 2.47. The number of halogens is 1. The molecule has 0 aliphatic heterocycles. The lowest BCUT2D eigenvalue weighted by Gasteiger charge is -1.91. The molecule has 0 spiro atoms. The van der Waals surface area contributed by atoms with Gasteiger partial charge in [-0.2, -0.15) is 0 Å². The molecule has 2 heterocycles. The van der Waals surface area contributed by atoms with Crippen molar-refractivity contribution >= 4 is 17.4 Å². The van der Waals surface area contributed by atoms with Gasteiger partial charge in [0, 0.05) is 12.4 Å². The third-order valence-electron chi connectivity index (χ3n) is 1.77. The van der Waals surface area contributed by atoms with E-state index in [-0.39, 0.29) is 5.83 Å². The summed E-state index contributed by atoms with van der Waals surface area (Å²) in [6.45, 7) is 1.43. The van der Waals surface area contributed by atoms with Gasteiger partial charge in [0.1, 0.15) is 0 Å². The Morgan fingerprint density at radius 1 is 1.40 bits per heavy atom. The zero-order valence-corrected chi connectivity index (χ0v) is 8.96. The predicted molar refractivity (Wildman–Crippen MR) is 60.1 cm³/mol. The number of aromatic nitrogens is 2. The summed E-state index contributed by atoms with van der Waals surface area (Å²) in [6, 6.07) is 3.65. The van der Waals surface area contributed by atoms with Crippen LogP contribution < -0.4 is 0 Å². The van der Waals surface area contributed by atoms with E-state index in [1.807, 2.05) is 11.4 Å². The molecule has 0 aromatic carbocycles. The molecule has 0 radical (unpaired) electrons. The number of thiophene rings is 1. The fourth-order valence-electron chi connectivity index (χ4n) is 1.20. The van der Waals surface area contributed by atoms with Gasteiger partial charge < -0.3 is 0 Å². The van der Waals surface area contributed by atoms with Crippen molar-refractivity contribution in [2.24, 2.45) is 0 Å². The summed E-state index contributed by atoms with van der Waals surface area (Å²) in [7, 11) is 0. The van der Waals surface area contributed by atoms with Crippen molar-refractivity contribution in [1.29, 1.82) is 0 Å². The summed E-state index contributed by atoms with van der Waals surface area (Å²) in [5.74, 6) is 0.479. The highest BCUT2D eigenvalue weighted by Gasteiger charge is 2.03. The van der Waals surface area contributed by atoms with Crippen LogP contribution in [0.3, 0.4) is 0 Å². The molecule has 4 heteroatoms. The molecule has 15 heavy (non-hydrogen) atoms. The summed E-state index contributed by atoms with van der Waals surface area (Å²) >= 11 is 1.51. The van der Waals surface area contributed by atoms with Crippen molar-refractivity contribution in [3.63, 3.8) is 0 Å². The van der Waals surface area contributed by atoms with Crippen LogP contribution in [0, 0.1) is 0 Å². The molecular formula is C11H9FN2S. The average molecular weight is 220 g/mol. The van der Waals surface area contributed by atoms with Crippen LogP contribution in [-0.4, -0.2) is 9.97 Å². The van der Waals surface area contributed by atoms with Gasteiger partial charge >= 0.3 is 0 Å². The lowest BCUT2D eigenvalue weighted by atomic mass is 10.3. The van der Waals surface area contributed by atoms with Gasteiger partial charge in [-0.1, -0.05) is 0 Å². The largest absolute Gasteiger partial charge is 0.236 e. The van der Waals surface area contributed by atoms with E-state index in [4.69, 9.17) is 0 Å². The van der Waals surface area contributed by atoms with E-state index >= 15 is 0 Å². The van der Waals surface area contributed by atoms with Crippen molar-refractivity contribution in [3.8, 4) is 10.7 Å². The van der Waals surface area contributed by atoms with E-state index in [9.17, 15) is 4.39 Å². The Hall–Kier alpha value is -1.55. The highest BCUT2D eigenvalue weighted by molar-refractivity contribution is 7.13. The van der Waals surface area contributed by atoms with Gasteiger partial charge in [0.05, 0.1) is 10.7 Å². The molecular weight excluding hydrogens is 211 g/mol. The van der Waals surface area contributed by atoms with Crippen LogP contribution in [0.1, 0.15) is 12.5 Å². The molecule has 2 aromatic rings. The lowest BCUT2D eigenvalue weighted by Crippen LogP contribution is -1.82. The highest BCUT2D eigenvalue weighted by atomic mass is 32.1. The Morgan fingerprint density at radius 3 is 2.80 bits per heavy atom. The summed E-state index contributed by atoms with van der Waals surface area (Å²) in [6.07, 6.45) is 4.87. The highest BCUT2D eigenvalue weighted by Crippen LogP contribution is 2.25. The first-order valence-corrected chi connectivity index (χ1v) is 5.33. The summed E-state index contributed by atoms with van der Waals surface area (Å²) < 4.78 is 12.6. The molecule has 0 saturated carbocycles. The van der Waals surface area contributed by atoms with Crippen LogP contribution in [0.5, 0.6) is 0 Å².